The minimum absolute atomic E-state index is 0.0171. The number of amides is 1. The van der Waals surface area contributed by atoms with Crippen molar-refractivity contribution in [2.75, 3.05) is 5.32 Å². The molecule has 4 rings (SSSR count). The summed E-state index contributed by atoms with van der Waals surface area (Å²) in [6, 6.07) is 7.88. The van der Waals surface area contributed by atoms with E-state index in [2.05, 4.69) is 15.4 Å². The van der Waals surface area contributed by atoms with E-state index in [4.69, 9.17) is 4.74 Å². The summed E-state index contributed by atoms with van der Waals surface area (Å²) >= 11 is 0. The number of halogens is 3. The van der Waals surface area contributed by atoms with Gasteiger partial charge in [-0.25, -0.2) is 32.0 Å². The highest BCUT2D eigenvalue weighted by Gasteiger charge is 2.17. The Labute approximate surface area is 166 Å². The molecule has 0 spiro atoms. The zero-order chi connectivity index (χ0) is 21.3. The molecule has 11 heteroatoms. The molecule has 0 aliphatic heterocycles. The summed E-state index contributed by atoms with van der Waals surface area (Å²) < 4.78 is 47.7. The Bertz CT molecular complexity index is 1320. The first-order valence-corrected chi connectivity index (χ1v) is 8.53. The lowest BCUT2D eigenvalue weighted by atomic mass is 10.3. The molecular weight excluding hydrogens is 403 g/mol. The number of anilines is 1. The van der Waals surface area contributed by atoms with Crippen LogP contribution in [0.25, 0.3) is 5.65 Å². The third kappa shape index (κ3) is 3.85. The lowest BCUT2D eigenvalue weighted by molar-refractivity contribution is -0.117. The van der Waals surface area contributed by atoms with Crippen LogP contribution in [0.1, 0.15) is 0 Å². The van der Waals surface area contributed by atoms with Crippen molar-refractivity contribution in [2.45, 2.75) is 6.54 Å². The maximum Gasteiger partial charge on any atom is 0.351 e. The van der Waals surface area contributed by atoms with Crippen molar-refractivity contribution in [3.8, 4) is 11.6 Å². The number of aromatic nitrogens is 4. The predicted octanol–water partition coefficient (Wildman–Crippen LogP) is 2.74. The number of carbonyl (C=O) groups excluding carboxylic acids is 1. The second-order valence-electron chi connectivity index (χ2n) is 6.10. The summed E-state index contributed by atoms with van der Waals surface area (Å²) in [6.07, 6.45) is 2.58. The molecular formula is C19H12F3N5O3. The SMILES string of the molecule is O=C(Cn1nc2c(Oc3cccc(F)c3)nccn2c1=O)Nc1cc(F)ccc1F. The maximum atomic E-state index is 13.7. The zero-order valence-electron chi connectivity index (χ0n) is 15.1. The topological polar surface area (TPSA) is 90.5 Å². The summed E-state index contributed by atoms with van der Waals surface area (Å²) in [7, 11) is 0. The van der Waals surface area contributed by atoms with E-state index in [-0.39, 0.29) is 23.0 Å². The number of ether oxygens (including phenoxy) is 1. The quantitative estimate of drug-likeness (QED) is 0.541. The van der Waals surface area contributed by atoms with Gasteiger partial charge in [0.05, 0.1) is 5.69 Å². The molecule has 4 aromatic rings. The highest BCUT2D eigenvalue weighted by Crippen LogP contribution is 2.22. The first-order valence-electron chi connectivity index (χ1n) is 8.53. The number of carbonyl (C=O) groups is 1. The van der Waals surface area contributed by atoms with Gasteiger partial charge < -0.3 is 10.1 Å². The number of rotatable bonds is 5. The normalized spacial score (nSPS) is 10.9. The summed E-state index contributed by atoms with van der Waals surface area (Å²) in [4.78, 5) is 28.7. The second kappa shape index (κ2) is 7.70. The van der Waals surface area contributed by atoms with Crippen LogP contribution in [0.5, 0.6) is 11.6 Å². The lowest BCUT2D eigenvalue weighted by Crippen LogP contribution is -2.28. The average molecular weight is 415 g/mol. The third-order valence-corrected chi connectivity index (χ3v) is 3.98. The van der Waals surface area contributed by atoms with Gasteiger partial charge in [0.1, 0.15) is 29.7 Å². The van der Waals surface area contributed by atoms with Crippen LogP contribution in [-0.2, 0) is 11.3 Å². The molecule has 0 bridgehead atoms. The van der Waals surface area contributed by atoms with Gasteiger partial charge in [-0.2, -0.15) is 0 Å². The van der Waals surface area contributed by atoms with Gasteiger partial charge in [-0.05, 0) is 24.3 Å². The smallest absolute Gasteiger partial charge is 0.351 e. The van der Waals surface area contributed by atoms with Crippen molar-refractivity contribution < 1.29 is 22.7 Å². The van der Waals surface area contributed by atoms with Gasteiger partial charge in [0.25, 0.3) is 5.88 Å². The van der Waals surface area contributed by atoms with Crippen molar-refractivity contribution in [1.82, 2.24) is 19.2 Å². The monoisotopic (exact) mass is 415 g/mol. The Morgan fingerprint density at radius 3 is 2.70 bits per heavy atom. The first-order chi connectivity index (χ1) is 14.4. The van der Waals surface area contributed by atoms with Crippen molar-refractivity contribution in [3.63, 3.8) is 0 Å². The van der Waals surface area contributed by atoms with Crippen molar-refractivity contribution in [1.29, 1.82) is 0 Å². The van der Waals surface area contributed by atoms with Crippen LogP contribution in [-0.4, -0.2) is 25.1 Å². The van der Waals surface area contributed by atoms with Gasteiger partial charge in [-0.15, -0.1) is 5.10 Å². The van der Waals surface area contributed by atoms with Gasteiger partial charge in [-0.1, -0.05) is 6.07 Å². The Morgan fingerprint density at radius 2 is 1.90 bits per heavy atom. The molecule has 0 unspecified atom stereocenters. The molecule has 152 valence electrons. The minimum Gasteiger partial charge on any atom is -0.436 e. The van der Waals surface area contributed by atoms with E-state index in [1.807, 2.05) is 0 Å². The number of nitrogens with one attached hydrogen (secondary N) is 1. The molecule has 0 saturated heterocycles. The van der Waals surface area contributed by atoms with E-state index in [0.717, 1.165) is 33.3 Å². The second-order valence-corrected chi connectivity index (χ2v) is 6.10. The fourth-order valence-electron chi connectivity index (χ4n) is 2.66. The van der Waals surface area contributed by atoms with E-state index in [1.54, 1.807) is 0 Å². The van der Waals surface area contributed by atoms with Gasteiger partial charge in [-0.3, -0.25) is 4.79 Å². The summed E-state index contributed by atoms with van der Waals surface area (Å²) in [6.45, 7) is -0.574. The van der Waals surface area contributed by atoms with Crippen LogP contribution in [0.2, 0.25) is 0 Å². The molecule has 8 nitrogen and oxygen atoms in total. The van der Waals surface area contributed by atoms with Gasteiger partial charge in [0, 0.05) is 24.5 Å². The average Bonchev–Trinajstić information content (AvgIpc) is 3.01. The molecule has 0 atom stereocenters. The fourth-order valence-corrected chi connectivity index (χ4v) is 2.66. The number of hydrogen-bond acceptors (Lipinski definition) is 5. The molecule has 0 saturated carbocycles. The van der Waals surface area contributed by atoms with E-state index >= 15 is 0 Å². The molecule has 0 fully saturated rings. The lowest BCUT2D eigenvalue weighted by Gasteiger charge is -2.06. The van der Waals surface area contributed by atoms with Crippen molar-refractivity contribution in [2.24, 2.45) is 0 Å². The van der Waals surface area contributed by atoms with E-state index in [0.29, 0.717) is 0 Å². The Morgan fingerprint density at radius 1 is 1.10 bits per heavy atom. The Balaban J connectivity index is 1.61. The number of fused-ring (bicyclic) bond motifs is 1. The minimum atomic E-state index is -0.831. The van der Waals surface area contributed by atoms with Crippen LogP contribution in [0.4, 0.5) is 18.9 Å². The van der Waals surface area contributed by atoms with Crippen molar-refractivity contribution in [3.05, 3.63) is 82.8 Å². The zero-order valence-corrected chi connectivity index (χ0v) is 15.1. The van der Waals surface area contributed by atoms with Gasteiger partial charge in [0.15, 0.2) is 0 Å². The molecule has 2 aromatic heterocycles. The van der Waals surface area contributed by atoms with Crippen LogP contribution in [0, 0.1) is 17.5 Å². The molecule has 30 heavy (non-hydrogen) atoms. The van der Waals surface area contributed by atoms with Crippen LogP contribution < -0.4 is 15.7 Å². The number of benzene rings is 2. The maximum absolute atomic E-state index is 13.7. The highest BCUT2D eigenvalue weighted by atomic mass is 19.1. The van der Waals surface area contributed by atoms with Crippen LogP contribution >= 0.6 is 0 Å². The van der Waals surface area contributed by atoms with Crippen LogP contribution in [0.15, 0.2) is 59.7 Å². The van der Waals surface area contributed by atoms with E-state index < -0.39 is 35.6 Å². The Hall–Kier alpha value is -4.15. The Kier molecular flexibility index (Phi) is 4.92. The molecule has 2 aromatic carbocycles. The highest BCUT2D eigenvalue weighted by molar-refractivity contribution is 5.90. The molecule has 1 amide bonds. The largest absolute Gasteiger partial charge is 0.436 e. The number of hydrogen-bond donors (Lipinski definition) is 1. The number of nitrogens with zero attached hydrogens (tertiary/aromatic N) is 4. The summed E-state index contributed by atoms with van der Waals surface area (Å²) in [5.74, 6) is -2.84. The molecule has 0 aliphatic rings. The van der Waals surface area contributed by atoms with Crippen LogP contribution in [0.3, 0.4) is 0 Å². The van der Waals surface area contributed by atoms with Gasteiger partial charge >= 0.3 is 5.69 Å². The van der Waals surface area contributed by atoms with Gasteiger partial charge in [0.2, 0.25) is 11.6 Å². The first kappa shape index (κ1) is 19.2. The van der Waals surface area contributed by atoms with Crippen molar-refractivity contribution >= 4 is 17.2 Å². The predicted molar refractivity (Wildman–Crippen MR) is 98.7 cm³/mol. The molecule has 2 heterocycles. The summed E-state index contributed by atoms with van der Waals surface area (Å²) in [5, 5.41) is 6.19. The molecule has 0 radical (unpaired) electrons. The molecule has 0 aliphatic carbocycles. The third-order valence-electron chi connectivity index (χ3n) is 3.98. The fraction of sp³-hybridized carbons (Fsp3) is 0.0526. The standard InChI is InChI=1S/C19H12F3N5O3/c20-11-2-1-3-13(8-11)30-18-17-25-27(19(29)26(17)7-6-23-18)10-16(28)24-15-9-12(21)4-5-14(15)22/h1-9H,10H2,(H,24,28). The molecule has 1 N–H and O–H groups in total. The van der Waals surface area contributed by atoms with E-state index in [1.165, 1.54) is 30.6 Å². The summed E-state index contributed by atoms with van der Waals surface area (Å²) in [5.41, 5.74) is -1.07. The van der Waals surface area contributed by atoms with E-state index in [9.17, 15) is 22.8 Å².